The van der Waals surface area contributed by atoms with Gasteiger partial charge in [0, 0.05) is 5.02 Å². The summed E-state index contributed by atoms with van der Waals surface area (Å²) < 4.78 is 4.80. The van der Waals surface area contributed by atoms with E-state index in [2.05, 4.69) is 0 Å². The normalized spacial score (nSPS) is 12.6. The van der Waals surface area contributed by atoms with Gasteiger partial charge in [0.25, 0.3) is 0 Å². The Bertz CT molecular complexity index is 343. The summed E-state index contributed by atoms with van der Waals surface area (Å²) in [6.45, 7) is 4.05. The van der Waals surface area contributed by atoms with Crippen molar-refractivity contribution in [3.8, 4) is 0 Å². The first-order valence-corrected chi connectivity index (χ1v) is 5.74. The van der Waals surface area contributed by atoms with Crippen molar-refractivity contribution in [3.63, 3.8) is 0 Å². The fourth-order valence-corrected chi connectivity index (χ4v) is 1.74. The number of halogens is 1. The lowest BCUT2D eigenvalue weighted by Crippen LogP contribution is -2.23. The van der Waals surface area contributed by atoms with E-state index in [0.29, 0.717) is 11.4 Å². The lowest BCUT2D eigenvalue weighted by atomic mass is 9.89. The Morgan fingerprint density at radius 1 is 1.31 bits per heavy atom. The molecule has 0 N–H and O–H groups in total. The highest BCUT2D eigenvalue weighted by atomic mass is 35.5. The SMILES string of the molecule is COC(=O)C(Cc1ccc(Cl)cc1)C(C)C. The summed E-state index contributed by atoms with van der Waals surface area (Å²) in [6, 6.07) is 7.57. The van der Waals surface area contributed by atoms with E-state index in [1.165, 1.54) is 7.11 Å². The van der Waals surface area contributed by atoms with Crippen LogP contribution in [0.1, 0.15) is 19.4 Å². The van der Waals surface area contributed by atoms with Crippen molar-refractivity contribution in [1.82, 2.24) is 0 Å². The van der Waals surface area contributed by atoms with E-state index >= 15 is 0 Å². The number of hydrogen-bond acceptors (Lipinski definition) is 2. The fraction of sp³-hybridized carbons (Fsp3) is 0.462. The average molecular weight is 241 g/mol. The molecule has 0 aromatic heterocycles. The first-order valence-electron chi connectivity index (χ1n) is 5.37. The molecule has 1 unspecified atom stereocenters. The molecule has 1 aromatic carbocycles. The Labute approximate surface area is 102 Å². The Balaban J connectivity index is 2.75. The molecule has 0 fully saturated rings. The molecule has 0 heterocycles. The zero-order valence-corrected chi connectivity index (χ0v) is 10.6. The second kappa shape index (κ2) is 5.90. The zero-order chi connectivity index (χ0) is 12.1. The molecule has 88 valence electrons. The molecule has 0 aliphatic carbocycles. The van der Waals surface area contributed by atoms with Crippen LogP contribution in [-0.4, -0.2) is 13.1 Å². The van der Waals surface area contributed by atoms with Gasteiger partial charge in [0.15, 0.2) is 0 Å². The van der Waals surface area contributed by atoms with Crippen LogP contribution in [-0.2, 0) is 16.0 Å². The Morgan fingerprint density at radius 2 is 1.88 bits per heavy atom. The van der Waals surface area contributed by atoms with Gasteiger partial charge in [-0.25, -0.2) is 0 Å². The van der Waals surface area contributed by atoms with Crippen molar-refractivity contribution in [2.24, 2.45) is 11.8 Å². The van der Waals surface area contributed by atoms with E-state index in [1.807, 2.05) is 38.1 Å². The minimum atomic E-state index is -0.148. The number of ether oxygens (including phenoxy) is 1. The molecule has 0 aliphatic heterocycles. The van der Waals surface area contributed by atoms with Gasteiger partial charge >= 0.3 is 5.97 Å². The molecule has 0 saturated carbocycles. The summed E-state index contributed by atoms with van der Waals surface area (Å²) in [6.07, 6.45) is 0.696. The summed E-state index contributed by atoms with van der Waals surface area (Å²) in [5, 5.41) is 0.711. The molecule has 0 saturated heterocycles. The van der Waals surface area contributed by atoms with Gasteiger partial charge in [-0.2, -0.15) is 0 Å². The van der Waals surface area contributed by atoms with Crippen molar-refractivity contribution in [2.75, 3.05) is 7.11 Å². The van der Waals surface area contributed by atoms with Crippen LogP contribution in [0.15, 0.2) is 24.3 Å². The van der Waals surface area contributed by atoms with E-state index in [-0.39, 0.29) is 17.8 Å². The molecular weight excluding hydrogens is 224 g/mol. The van der Waals surface area contributed by atoms with Crippen LogP contribution in [0.5, 0.6) is 0 Å². The second-order valence-corrected chi connectivity index (χ2v) is 4.64. The maximum absolute atomic E-state index is 11.6. The molecule has 1 rings (SSSR count). The Kier molecular flexibility index (Phi) is 4.81. The van der Waals surface area contributed by atoms with Crippen LogP contribution in [0, 0.1) is 11.8 Å². The minimum absolute atomic E-state index is 0.0915. The highest BCUT2D eigenvalue weighted by Crippen LogP contribution is 2.20. The molecule has 0 spiro atoms. The number of rotatable bonds is 4. The molecule has 1 atom stereocenters. The first kappa shape index (κ1) is 13.0. The molecule has 1 aromatic rings. The summed E-state index contributed by atoms with van der Waals surface area (Å²) in [5.41, 5.74) is 1.11. The fourth-order valence-electron chi connectivity index (χ4n) is 1.62. The average Bonchev–Trinajstić information content (AvgIpc) is 2.27. The van der Waals surface area contributed by atoms with Gasteiger partial charge in [-0.15, -0.1) is 0 Å². The second-order valence-electron chi connectivity index (χ2n) is 4.20. The number of hydrogen-bond donors (Lipinski definition) is 0. The largest absolute Gasteiger partial charge is 0.469 e. The van der Waals surface area contributed by atoms with Crippen molar-refractivity contribution < 1.29 is 9.53 Å². The van der Waals surface area contributed by atoms with Crippen LogP contribution in [0.25, 0.3) is 0 Å². The molecule has 0 amide bonds. The molecular formula is C13H17ClO2. The topological polar surface area (TPSA) is 26.3 Å². The van der Waals surface area contributed by atoms with Crippen molar-refractivity contribution in [1.29, 1.82) is 0 Å². The van der Waals surface area contributed by atoms with Crippen LogP contribution >= 0.6 is 11.6 Å². The van der Waals surface area contributed by atoms with Gasteiger partial charge in [0.05, 0.1) is 13.0 Å². The van der Waals surface area contributed by atoms with Crippen molar-refractivity contribution >= 4 is 17.6 Å². The van der Waals surface area contributed by atoms with Crippen LogP contribution < -0.4 is 0 Å². The molecule has 3 heteroatoms. The Morgan fingerprint density at radius 3 is 2.31 bits per heavy atom. The maximum Gasteiger partial charge on any atom is 0.309 e. The number of carbonyl (C=O) groups excluding carboxylic acids is 1. The number of methoxy groups -OCH3 is 1. The van der Waals surface area contributed by atoms with E-state index in [4.69, 9.17) is 16.3 Å². The number of esters is 1. The molecule has 2 nitrogen and oxygen atoms in total. The van der Waals surface area contributed by atoms with E-state index < -0.39 is 0 Å². The zero-order valence-electron chi connectivity index (χ0n) is 9.87. The lowest BCUT2D eigenvalue weighted by molar-refractivity contribution is -0.146. The predicted octanol–water partition coefficient (Wildman–Crippen LogP) is 3.33. The third kappa shape index (κ3) is 3.53. The van der Waals surface area contributed by atoms with E-state index in [9.17, 15) is 4.79 Å². The monoisotopic (exact) mass is 240 g/mol. The van der Waals surface area contributed by atoms with E-state index in [0.717, 1.165) is 5.56 Å². The van der Waals surface area contributed by atoms with Crippen molar-refractivity contribution in [2.45, 2.75) is 20.3 Å². The Hall–Kier alpha value is -1.02. The first-order chi connectivity index (χ1) is 7.54. The summed E-state index contributed by atoms with van der Waals surface area (Å²) in [5.74, 6) is 0.0271. The van der Waals surface area contributed by atoms with Gasteiger partial charge in [-0.3, -0.25) is 4.79 Å². The number of carbonyl (C=O) groups is 1. The van der Waals surface area contributed by atoms with Crippen LogP contribution in [0.3, 0.4) is 0 Å². The third-order valence-electron chi connectivity index (χ3n) is 2.68. The molecule has 0 aliphatic rings. The lowest BCUT2D eigenvalue weighted by Gasteiger charge is -2.18. The van der Waals surface area contributed by atoms with Gasteiger partial charge in [-0.1, -0.05) is 37.6 Å². The third-order valence-corrected chi connectivity index (χ3v) is 2.93. The summed E-state index contributed by atoms with van der Waals surface area (Å²) in [7, 11) is 1.43. The predicted molar refractivity (Wildman–Crippen MR) is 65.5 cm³/mol. The summed E-state index contributed by atoms with van der Waals surface area (Å²) >= 11 is 5.81. The highest BCUT2D eigenvalue weighted by molar-refractivity contribution is 6.30. The molecule has 0 radical (unpaired) electrons. The highest BCUT2D eigenvalue weighted by Gasteiger charge is 2.23. The molecule has 0 bridgehead atoms. The standard InChI is InChI=1S/C13H17ClO2/c1-9(2)12(13(15)16-3)8-10-4-6-11(14)7-5-10/h4-7,9,12H,8H2,1-3H3. The smallest absolute Gasteiger partial charge is 0.309 e. The quantitative estimate of drug-likeness (QED) is 0.755. The van der Waals surface area contributed by atoms with Gasteiger partial charge < -0.3 is 4.74 Å². The van der Waals surface area contributed by atoms with Gasteiger partial charge in [-0.05, 0) is 30.0 Å². The van der Waals surface area contributed by atoms with E-state index in [1.54, 1.807) is 0 Å². The summed E-state index contributed by atoms with van der Waals surface area (Å²) in [4.78, 5) is 11.6. The van der Waals surface area contributed by atoms with Crippen molar-refractivity contribution in [3.05, 3.63) is 34.9 Å². The minimum Gasteiger partial charge on any atom is -0.469 e. The van der Waals surface area contributed by atoms with Crippen LogP contribution in [0.4, 0.5) is 0 Å². The van der Waals surface area contributed by atoms with Crippen LogP contribution in [0.2, 0.25) is 5.02 Å². The molecule has 16 heavy (non-hydrogen) atoms. The van der Waals surface area contributed by atoms with Gasteiger partial charge in [0.2, 0.25) is 0 Å². The van der Waals surface area contributed by atoms with Gasteiger partial charge in [0.1, 0.15) is 0 Å². The maximum atomic E-state index is 11.6. The number of benzene rings is 1.